The van der Waals surface area contributed by atoms with Crippen LogP contribution >= 0.6 is 0 Å². The SMILES string of the molecule is CC1C2CC3C1NS(=O)(=O)C3(C#N)C2. The highest BCUT2D eigenvalue weighted by atomic mass is 32.2. The first kappa shape index (κ1) is 8.69. The molecule has 2 bridgehead atoms. The topological polar surface area (TPSA) is 70.0 Å². The maximum atomic E-state index is 11.8. The molecule has 5 unspecified atom stereocenters. The molecule has 76 valence electrons. The Bertz CT molecular complexity index is 438. The number of nitriles is 1. The lowest BCUT2D eigenvalue weighted by Crippen LogP contribution is -2.39. The zero-order valence-corrected chi connectivity index (χ0v) is 8.71. The molecule has 5 heteroatoms. The van der Waals surface area contributed by atoms with Crippen LogP contribution in [0.5, 0.6) is 0 Å². The number of fused-ring (bicyclic) bond motifs is 1. The summed E-state index contributed by atoms with van der Waals surface area (Å²) in [5.41, 5.74) is 0. The van der Waals surface area contributed by atoms with E-state index in [9.17, 15) is 8.42 Å². The zero-order valence-electron chi connectivity index (χ0n) is 7.90. The van der Waals surface area contributed by atoms with Crippen LogP contribution in [0.4, 0.5) is 0 Å². The van der Waals surface area contributed by atoms with Gasteiger partial charge in [-0.3, -0.25) is 0 Å². The quantitative estimate of drug-likeness (QED) is 0.624. The first-order valence-electron chi connectivity index (χ1n) is 4.95. The number of hydrogen-bond donors (Lipinski definition) is 1. The molecule has 2 aliphatic carbocycles. The van der Waals surface area contributed by atoms with Crippen LogP contribution < -0.4 is 4.72 Å². The van der Waals surface area contributed by atoms with Crippen LogP contribution in [0.1, 0.15) is 19.8 Å². The molecule has 1 aliphatic heterocycles. The molecule has 3 aliphatic rings. The number of hydrogen-bond acceptors (Lipinski definition) is 3. The van der Waals surface area contributed by atoms with Gasteiger partial charge in [-0.05, 0) is 24.7 Å². The highest BCUT2D eigenvalue weighted by Gasteiger charge is 2.70. The minimum atomic E-state index is -3.39. The minimum Gasteiger partial charge on any atom is -0.211 e. The molecule has 5 atom stereocenters. The van der Waals surface area contributed by atoms with Crippen molar-refractivity contribution in [3.63, 3.8) is 0 Å². The summed E-state index contributed by atoms with van der Waals surface area (Å²) < 4.78 is 25.3. The van der Waals surface area contributed by atoms with Crippen molar-refractivity contribution in [1.29, 1.82) is 5.26 Å². The molecule has 1 saturated heterocycles. The first-order chi connectivity index (χ1) is 6.52. The van der Waals surface area contributed by atoms with Gasteiger partial charge in [0.2, 0.25) is 10.0 Å². The summed E-state index contributed by atoms with van der Waals surface area (Å²) in [7, 11) is -3.39. The second kappa shape index (κ2) is 2.15. The lowest BCUT2D eigenvalue weighted by molar-refractivity contribution is 0.299. The molecule has 0 aromatic heterocycles. The van der Waals surface area contributed by atoms with Crippen molar-refractivity contribution in [1.82, 2.24) is 4.72 Å². The van der Waals surface area contributed by atoms with Gasteiger partial charge in [-0.15, -0.1) is 0 Å². The van der Waals surface area contributed by atoms with Crippen LogP contribution in [0.2, 0.25) is 0 Å². The van der Waals surface area contributed by atoms with Gasteiger partial charge in [0.1, 0.15) is 0 Å². The second-order valence-electron chi connectivity index (χ2n) is 4.81. The van der Waals surface area contributed by atoms with E-state index >= 15 is 0 Å². The molecule has 2 saturated carbocycles. The van der Waals surface area contributed by atoms with E-state index in [1.54, 1.807) is 0 Å². The van der Waals surface area contributed by atoms with Crippen molar-refractivity contribution in [3.8, 4) is 6.07 Å². The van der Waals surface area contributed by atoms with Crippen LogP contribution in [-0.4, -0.2) is 19.2 Å². The Morgan fingerprint density at radius 3 is 2.86 bits per heavy atom. The summed E-state index contributed by atoms with van der Waals surface area (Å²) in [5.74, 6) is 0.866. The molecule has 0 radical (unpaired) electrons. The number of nitrogens with one attached hydrogen (secondary N) is 1. The Morgan fingerprint density at radius 2 is 2.29 bits per heavy atom. The number of rotatable bonds is 0. The van der Waals surface area contributed by atoms with Gasteiger partial charge in [0.15, 0.2) is 4.75 Å². The van der Waals surface area contributed by atoms with Gasteiger partial charge < -0.3 is 0 Å². The smallest absolute Gasteiger partial charge is 0.211 e. The van der Waals surface area contributed by atoms with Crippen LogP contribution in [-0.2, 0) is 10.0 Å². The Morgan fingerprint density at radius 1 is 1.57 bits per heavy atom. The second-order valence-corrected chi connectivity index (χ2v) is 6.78. The molecule has 1 heterocycles. The van der Waals surface area contributed by atoms with Crippen LogP contribution in [0.25, 0.3) is 0 Å². The first-order valence-corrected chi connectivity index (χ1v) is 6.43. The summed E-state index contributed by atoms with van der Waals surface area (Å²) >= 11 is 0. The fourth-order valence-electron chi connectivity index (χ4n) is 3.61. The minimum absolute atomic E-state index is 0.0263. The van der Waals surface area contributed by atoms with Crippen LogP contribution in [0, 0.1) is 29.1 Å². The monoisotopic (exact) mass is 212 g/mol. The summed E-state index contributed by atoms with van der Waals surface area (Å²) in [6, 6.07) is 2.09. The molecule has 14 heavy (non-hydrogen) atoms. The molecule has 0 aromatic carbocycles. The summed E-state index contributed by atoms with van der Waals surface area (Å²) in [6.45, 7) is 2.09. The van der Waals surface area contributed by atoms with Crippen molar-refractivity contribution < 1.29 is 8.42 Å². The number of nitrogens with zero attached hydrogens (tertiary/aromatic N) is 1. The average Bonchev–Trinajstić information content (AvgIpc) is 2.67. The zero-order chi connectivity index (χ0) is 10.1. The van der Waals surface area contributed by atoms with Crippen LogP contribution in [0.3, 0.4) is 0 Å². The molecule has 3 rings (SSSR count). The fourth-order valence-corrected chi connectivity index (χ4v) is 5.75. The largest absolute Gasteiger partial charge is 0.231 e. The van der Waals surface area contributed by atoms with Gasteiger partial charge in [0, 0.05) is 12.0 Å². The third kappa shape index (κ3) is 0.655. The van der Waals surface area contributed by atoms with Crippen molar-refractivity contribution in [2.45, 2.75) is 30.6 Å². The Kier molecular flexibility index (Phi) is 1.33. The third-order valence-electron chi connectivity index (χ3n) is 4.42. The lowest BCUT2D eigenvalue weighted by Gasteiger charge is -2.26. The highest BCUT2D eigenvalue weighted by Crippen LogP contribution is 2.60. The molecule has 1 N–H and O–H groups in total. The van der Waals surface area contributed by atoms with Gasteiger partial charge >= 0.3 is 0 Å². The van der Waals surface area contributed by atoms with Gasteiger partial charge in [0.05, 0.1) is 6.07 Å². The van der Waals surface area contributed by atoms with E-state index in [-0.39, 0.29) is 12.0 Å². The fraction of sp³-hybridized carbons (Fsp3) is 0.889. The predicted molar refractivity (Wildman–Crippen MR) is 49.6 cm³/mol. The summed E-state index contributed by atoms with van der Waals surface area (Å²) in [5, 5.41) is 9.12. The number of sulfonamides is 1. The van der Waals surface area contributed by atoms with Gasteiger partial charge in [-0.1, -0.05) is 6.92 Å². The highest BCUT2D eigenvalue weighted by molar-refractivity contribution is 7.91. The Balaban J connectivity index is 2.22. The van der Waals surface area contributed by atoms with E-state index in [1.165, 1.54) is 0 Å². The molecule has 0 spiro atoms. The molecule has 3 fully saturated rings. The van der Waals surface area contributed by atoms with E-state index in [2.05, 4.69) is 17.7 Å². The third-order valence-corrected chi connectivity index (χ3v) is 6.53. The Labute approximate surface area is 83.3 Å². The maximum Gasteiger partial charge on any atom is 0.231 e. The average molecular weight is 212 g/mol. The Hall–Kier alpha value is -0.600. The van der Waals surface area contributed by atoms with E-state index in [0.29, 0.717) is 18.3 Å². The molecule has 4 nitrogen and oxygen atoms in total. The van der Waals surface area contributed by atoms with E-state index in [4.69, 9.17) is 5.26 Å². The molecule has 0 aromatic rings. The predicted octanol–water partition coefficient (Wildman–Crippen LogP) is 0.226. The van der Waals surface area contributed by atoms with Gasteiger partial charge in [0.25, 0.3) is 0 Å². The standard InChI is InChI=1S/C9H12N2O2S/c1-5-6-2-7-8(5)11-14(12,13)9(7,3-6)4-10/h5-8,11H,2-3H2,1H3. The lowest BCUT2D eigenvalue weighted by atomic mass is 9.80. The molecular formula is C9H12N2O2S. The van der Waals surface area contributed by atoms with Crippen molar-refractivity contribution >= 4 is 10.0 Å². The van der Waals surface area contributed by atoms with E-state index < -0.39 is 14.8 Å². The van der Waals surface area contributed by atoms with Crippen molar-refractivity contribution in [3.05, 3.63) is 0 Å². The van der Waals surface area contributed by atoms with E-state index in [1.807, 2.05) is 0 Å². The normalized spacial score (nSPS) is 57.4. The van der Waals surface area contributed by atoms with Crippen molar-refractivity contribution in [2.75, 3.05) is 0 Å². The van der Waals surface area contributed by atoms with Crippen molar-refractivity contribution in [2.24, 2.45) is 17.8 Å². The maximum absolute atomic E-state index is 11.8. The van der Waals surface area contributed by atoms with Gasteiger partial charge in [-0.2, -0.15) is 5.26 Å². The summed E-state index contributed by atoms with van der Waals surface area (Å²) in [4.78, 5) is 0. The molecule has 0 amide bonds. The summed E-state index contributed by atoms with van der Waals surface area (Å²) in [6.07, 6.45) is 1.45. The van der Waals surface area contributed by atoms with E-state index in [0.717, 1.165) is 6.42 Å². The molecular weight excluding hydrogens is 200 g/mol. The van der Waals surface area contributed by atoms with Crippen LogP contribution in [0.15, 0.2) is 0 Å². The van der Waals surface area contributed by atoms with Gasteiger partial charge in [-0.25, -0.2) is 13.1 Å².